The maximum Gasteiger partial charge on any atom is 0.241 e. The largest absolute Gasteiger partial charge is 0.437 e. The number of nitrogens with one attached hydrogen (secondary N) is 1. The van der Waals surface area contributed by atoms with E-state index in [0.29, 0.717) is 11.8 Å². The maximum atomic E-state index is 6.11. The summed E-state index contributed by atoms with van der Waals surface area (Å²) in [6.07, 6.45) is 5.61. The van der Waals surface area contributed by atoms with E-state index in [2.05, 4.69) is 38.3 Å². The molecule has 1 N–H and O–H groups in total. The third-order valence-corrected chi connectivity index (χ3v) is 6.36. The number of ether oxygens (including phenoxy) is 1. The highest BCUT2D eigenvalue weighted by Crippen LogP contribution is 2.34. The van der Waals surface area contributed by atoms with Crippen LogP contribution in [-0.4, -0.2) is 40.0 Å². The highest BCUT2D eigenvalue weighted by atomic mass is 32.1. The first kappa shape index (κ1) is 19.0. The molecule has 0 amide bonds. The SMILES string of the molecule is CN1CCC(c2nccnc2Oc2ccc(Nc3nc4ccccc4s3)cc2)CC1. The summed E-state index contributed by atoms with van der Waals surface area (Å²) in [5, 5.41) is 4.25. The van der Waals surface area contributed by atoms with E-state index in [1.165, 1.54) is 4.70 Å². The van der Waals surface area contributed by atoms with E-state index >= 15 is 0 Å². The second kappa shape index (κ2) is 8.38. The minimum atomic E-state index is 0.393. The lowest BCUT2D eigenvalue weighted by Crippen LogP contribution is -2.29. The highest BCUT2D eigenvalue weighted by molar-refractivity contribution is 7.22. The number of piperidine rings is 1. The number of para-hydroxylation sites is 1. The summed E-state index contributed by atoms with van der Waals surface area (Å²) in [4.78, 5) is 16.0. The lowest BCUT2D eigenvalue weighted by atomic mass is 9.94. The van der Waals surface area contributed by atoms with Crippen LogP contribution in [0.5, 0.6) is 11.6 Å². The maximum absolute atomic E-state index is 6.11. The summed E-state index contributed by atoms with van der Waals surface area (Å²) >= 11 is 1.64. The summed E-state index contributed by atoms with van der Waals surface area (Å²) in [5.74, 6) is 1.75. The number of rotatable bonds is 5. The number of aromatic nitrogens is 3. The molecular weight excluding hydrogens is 394 g/mol. The Labute approximate surface area is 179 Å². The zero-order chi connectivity index (χ0) is 20.3. The van der Waals surface area contributed by atoms with Gasteiger partial charge in [-0.3, -0.25) is 4.98 Å². The average Bonchev–Trinajstić information content (AvgIpc) is 3.18. The summed E-state index contributed by atoms with van der Waals surface area (Å²) in [5.41, 5.74) is 2.94. The van der Waals surface area contributed by atoms with E-state index in [0.717, 1.165) is 53.7 Å². The van der Waals surface area contributed by atoms with Crippen LogP contribution >= 0.6 is 11.3 Å². The van der Waals surface area contributed by atoms with Crippen molar-refractivity contribution < 1.29 is 4.74 Å². The molecule has 4 aromatic rings. The third kappa shape index (κ3) is 4.13. The molecule has 2 aromatic carbocycles. The van der Waals surface area contributed by atoms with Crippen molar-refractivity contribution in [2.75, 3.05) is 25.5 Å². The van der Waals surface area contributed by atoms with Crippen LogP contribution in [0.15, 0.2) is 60.9 Å². The van der Waals surface area contributed by atoms with Crippen molar-refractivity contribution in [3.63, 3.8) is 0 Å². The van der Waals surface area contributed by atoms with Crippen LogP contribution in [0.4, 0.5) is 10.8 Å². The number of hydrogen-bond donors (Lipinski definition) is 1. The quantitative estimate of drug-likeness (QED) is 0.467. The summed E-state index contributed by atoms with van der Waals surface area (Å²) < 4.78 is 7.29. The van der Waals surface area contributed by atoms with Gasteiger partial charge in [-0.25, -0.2) is 9.97 Å². The van der Waals surface area contributed by atoms with Gasteiger partial charge in [-0.05, 0) is 69.4 Å². The van der Waals surface area contributed by atoms with Gasteiger partial charge in [0.25, 0.3) is 0 Å². The zero-order valence-electron chi connectivity index (χ0n) is 16.8. The van der Waals surface area contributed by atoms with E-state index in [-0.39, 0.29) is 0 Å². The molecule has 1 fully saturated rings. The third-order valence-electron chi connectivity index (χ3n) is 5.41. The topological polar surface area (TPSA) is 63.2 Å². The molecule has 7 heteroatoms. The van der Waals surface area contributed by atoms with Crippen molar-refractivity contribution >= 4 is 32.4 Å². The number of anilines is 2. The molecule has 0 saturated carbocycles. The number of likely N-dealkylation sites (tertiary alicyclic amines) is 1. The predicted octanol–water partition coefficient (Wildman–Crippen LogP) is 5.43. The van der Waals surface area contributed by atoms with Gasteiger partial charge in [0.05, 0.1) is 10.2 Å². The molecule has 0 atom stereocenters. The predicted molar refractivity (Wildman–Crippen MR) is 121 cm³/mol. The molecule has 0 spiro atoms. The Hall–Kier alpha value is -3.03. The molecule has 5 rings (SSSR count). The fourth-order valence-electron chi connectivity index (χ4n) is 3.74. The van der Waals surface area contributed by atoms with Crippen molar-refractivity contribution in [1.29, 1.82) is 0 Å². The first-order valence-electron chi connectivity index (χ1n) is 10.1. The molecule has 2 aromatic heterocycles. The Morgan fingerprint density at radius 2 is 1.77 bits per heavy atom. The summed E-state index contributed by atoms with van der Waals surface area (Å²) in [6, 6.07) is 16.0. The van der Waals surface area contributed by atoms with Crippen molar-refractivity contribution in [1.82, 2.24) is 19.9 Å². The molecule has 3 heterocycles. The molecule has 1 saturated heterocycles. The van der Waals surface area contributed by atoms with Gasteiger partial charge in [-0.1, -0.05) is 23.5 Å². The number of benzene rings is 2. The Morgan fingerprint density at radius 3 is 2.57 bits per heavy atom. The molecule has 0 radical (unpaired) electrons. The van der Waals surface area contributed by atoms with E-state index < -0.39 is 0 Å². The zero-order valence-corrected chi connectivity index (χ0v) is 17.6. The van der Waals surface area contributed by atoms with Gasteiger partial charge in [-0.15, -0.1) is 0 Å². The summed E-state index contributed by atoms with van der Waals surface area (Å²) in [7, 11) is 2.16. The fraction of sp³-hybridized carbons (Fsp3) is 0.261. The van der Waals surface area contributed by atoms with Gasteiger partial charge >= 0.3 is 0 Å². The van der Waals surface area contributed by atoms with Gasteiger partial charge < -0.3 is 15.0 Å². The minimum absolute atomic E-state index is 0.393. The monoisotopic (exact) mass is 417 g/mol. The van der Waals surface area contributed by atoms with Crippen LogP contribution in [0.25, 0.3) is 10.2 Å². The highest BCUT2D eigenvalue weighted by Gasteiger charge is 2.23. The Kier molecular flexibility index (Phi) is 5.29. The van der Waals surface area contributed by atoms with Gasteiger partial charge in [-0.2, -0.15) is 0 Å². The molecule has 6 nitrogen and oxygen atoms in total. The van der Waals surface area contributed by atoms with Crippen LogP contribution in [0.1, 0.15) is 24.5 Å². The number of thiazole rings is 1. The van der Waals surface area contributed by atoms with Gasteiger partial charge in [0.1, 0.15) is 11.4 Å². The lowest BCUT2D eigenvalue weighted by molar-refractivity contribution is 0.250. The van der Waals surface area contributed by atoms with E-state index in [1.54, 1.807) is 23.7 Å². The van der Waals surface area contributed by atoms with Crippen LogP contribution in [0.3, 0.4) is 0 Å². The molecule has 0 unspecified atom stereocenters. The van der Waals surface area contributed by atoms with E-state index in [1.807, 2.05) is 42.5 Å². The smallest absolute Gasteiger partial charge is 0.241 e. The van der Waals surface area contributed by atoms with Crippen molar-refractivity contribution in [2.24, 2.45) is 0 Å². The van der Waals surface area contributed by atoms with Crippen molar-refractivity contribution in [3.05, 3.63) is 66.6 Å². The van der Waals surface area contributed by atoms with Crippen molar-refractivity contribution in [2.45, 2.75) is 18.8 Å². The van der Waals surface area contributed by atoms with Crippen LogP contribution in [0, 0.1) is 0 Å². The van der Waals surface area contributed by atoms with E-state index in [9.17, 15) is 0 Å². The van der Waals surface area contributed by atoms with Gasteiger partial charge in [0.2, 0.25) is 5.88 Å². The number of hydrogen-bond acceptors (Lipinski definition) is 7. The lowest BCUT2D eigenvalue weighted by Gasteiger charge is -2.28. The number of fused-ring (bicyclic) bond motifs is 1. The van der Waals surface area contributed by atoms with Gasteiger partial charge in [0, 0.05) is 24.0 Å². The first-order valence-corrected chi connectivity index (χ1v) is 11.0. The molecule has 0 aliphatic carbocycles. The molecule has 1 aliphatic rings. The molecule has 1 aliphatic heterocycles. The first-order chi connectivity index (χ1) is 14.7. The van der Waals surface area contributed by atoms with Gasteiger partial charge in [0.15, 0.2) is 5.13 Å². The molecular formula is C23H23N5OS. The minimum Gasteiger partial charge on any atom is -0.437 e. The standard InChI is InChI=1S/C23H23N5OS/c1-28-14-10-16(11-15-28)21-22(25-13-12-24-21)29-18-8-6-17(7-9-18)26-23-27-19-4-2-3-5-20(19)30-23/h2-9,12-13,16H,10-11,14-15H2,1H3,(H,26,27). The van der Waals surface area contributed by atoms with Crippen LogP contribution in [0.2, 0.25) is 0 Å². The van der Waals surface area contributed by atoms with E-state index in [4.69, 9.17) is 4.74 Å². The molecule has 152 valence electrons. The summed E-state index contributed by atoms with van der Waals surface area (Å²) in [6.45, 7) is 2.15. The van der Waals surface area contributed by atoms with Crippen LogP contribution in [-0.2, 0) is 0 Å². The average molecular weight is 418 g/mol. The van der Waals surface area contributed by atoms with Crippen LogP contribution < -0.4 is 10.1 Å². The Balaban J connectivity index is 1.29. The molecule has 0 bridgehead atoms. The Bertz CT molecular complexity index is 1100. The second-order valence-electron chi connectivity index (χ2n) is 7.56. The second-order valence-corrected chi connectivity index (χ2v) is 8.59. The number of nitrogens with zero attached hydrogens (tertiary/aromatic N) is 4. The van der Waals surface area contributed by atoms with Crippen molar-refractivity contribution in [3.8, 4) is 11.6 Å². The fourth-order valence-corrected chi connectivity index (χ4v) is 4.63. The normalized spacial score (nSPS) is 15.4. The molecule has 30 heavy (non-hydrogen) atoms. The Morgan fingerprint density at radius 1 is 1.00 bits per heavy atom.